The molecule has 12 rings (SSSR count). The van der Waals surface area contributed by atoms with E-state index in [0.717, 1.165) is 17.1 Å². The number of nitrogens with zero attached hydrogens (tertiary/aromatic N) is 1. The first kappa shape index (κ1) is 39.1. The third-order valence-corrected chi connectivity index (χ3v) is 13.5. The summed E-state index contributed by atoms with van der Waals surface area (Å²) in [5.41, 5.74) is 20.0. The minimum absolute atomic E-state index is 0.503. The molecule has 0 saturated carbocycles. The first-order valence-electron chi connectivity index (χ1n) is 22.8. The fourth-order valence-electron chi connectivity index (χ4n) is 10.4. The number of hydrogen-bond acceptors (Lipinski definition) is 1. The van der Waals surface area contributed by atoms with E-state index in [0.29, 0.717) is 0 Å². The second kappa shape index (κ2) is 16.6. The van der Waals surface area contributed by atoms with E-state index >= 15 is 0 Å². The van der Waals surface area contributed by atoms with E-state index in [4.69, 9.17) is 0 Å². The van der Waals surface area contributed by atoms with Gasteiger partial charge in [-0.2, -0.15) is 0 Å². The van der Waals surface area contributed by atoms with Gasteiger partial charge in [0.15, 0.2) is 0 Å². The Balaban J connectivity index is 0.975. The lowest BCUT2D eigenvalue weighted by Crippen LogP contribution is -2.28. The van der Waals surface area contributed by atoms with Crippen molar-refractivity contribution < 1.29 is 0 Å². The van der Waals surface area contributed by atoms with Crippen LogP contribution in [-0.2, 0) is 5.41 Å². The smallest absolute Gasteiger partial charge is 0.0714 e. The van der Waals surface area contributed by atoms with Gasteiger partial charge in [-0.05, 0) is 132 Å². The molecule has 0 saturated heterocycles. The maximum Gasteiger partial charge on any atom is 0.0714 e. The van der Waals surface area contributed by atoms with E-state index in [9.17, 15) is 0 Å². The zero-order chi connectivity index (χ0) is 43.9. The fourth-order valence-corrected chi connectivity index (χ4v) is 10.4. The molecule has 1 aliphatic carbocycles. The number of benzene rings is 11. The molecule has 0 unspecified atom stereocenters. The van der Waals surface area contributed by atoms with Crippen molar-refractivity contribution in [3.05, 3.63) is 295 Å². The first-order chi connectivity index (χ1) is 32.7. The molecule has 1 aliphatic rings. The van der Waals surface area contributed by atoms with Crippen LogP contribution in [-0.4, -0.2) is 0 Å². The third-order valence-electron chi connectivity index (χ3n) is 13.5. The van der Waals surface area contributed by atoms with Gasteiger partial charge >= 0.3 is 0 Å². The van der Waals surface area contributed by atoms with Crippen LogP contribution in [0.3, 0.4) is 0 Å². The molecule has 310 valence electrons. The van der Waals surface area contributed by atoms with Gasteiger partial charge in [0, 0.05) is 16.9 Å². The van der Waals surface area contributed by atoms with Crippen molar-refractivity contribution in [2.24, 2.45) is 0 Å². The maximum absolute atomic E-state index is 2.45. The van der Waals surface area contributed by atoms with E-state index in [-0.39, 0.29) is 0 Å². The second-order valence-corrected chi connectivity index (χ2v) is 17.2. The highest BCUT2D eigenvalue weighted by Gasteiger charge is 2.47. The van der Waals surface area contributed by atoms with Crippen LogP contribution in [0.5, 0.6) is 0 Å². The van der Waals surface area contributed by atoms with Crippen LogP contribution < -0.4 is 4.90 Å². The highest BCUT2D eigenvalue weighted by Crippen LogP contribution is 2.59. The van der Waals surface area contributed by atoms with E-state index in [1.807, 2.05) is 0 Å². The number of hydrogen-bond donors (Lipinski definition) is 0. The Morgan fingerprint density at radius 3 is 1.27 bits per heavy atom. The highest BCUT2D eigenvalue weighted by molar-refractivity contribution is 5.98. The molecule has 0 aliphatic heterocycles. The van der Waals surface area contributed by atoms with Crippen LogP contribution in [0.2, 0.25) is 0 Å². The SMILES string of the molecule is c1ccc(-c2ccc(N(c3ccc(-c4cccc(-c5cccc(-c6ccc7ccccc7c6)c5)c4)cc3)c3cccc4c3-c3ccccc3C4(c3ccccc3)c3ccccc3)cc2)cc1. The van der Waals surface area contributed by atoms with E-state index < -0.39 is 5.41 Å². The molecule has 0 fully saturated rings. The van der Waals surface area contributed by atoms with Crippen LogP contribution in [0.15, 0.2) is 273 Å². The van der Waals surface area contributed by atoms with E-state index in [1.54, 1.807) is 0 Å². The van der Waals surface area contributed by atoms with Crippen LogP contribution >= 0.6 is 0 Å². The van der Waals surface area contributed by atoms with Crippen molar-refractivity contribution in [1.82, 2.24) is 0 Å². The lowest BCUT2D eigenvalue weighted by molar-refractivity contribution is 0.768. The monoisotopic (exact) mass is 839 g/mol. The van der Waals surface area contributed by atoms with Crippen molar-refractivity contribution in [1.29, 1.82) is 0 Å². The molecule has 11 aromatic carbocycles. The average Bonchev–Trinajstić information content (AvgIpc) is 3.71. The van der Waals surface area contributed by atoms with Gasteiger partial charge in [0.25, 0.3) is 0 Å². The van der Waals surface area contributed by atoms with Gasteiger partial charge in [-0.25, -0.2) is 0 Å². The second-order valence-electron chi connectivity index (χ2n) is 17.2. The predicted octanol–water partition coefficient (Wildman–Crippen LogP) is 17.3. The van der Waals surface area contributed by atoms with Gasteiger partial charge in [-0.1, -0.05) is 224 Å². The lowest BCUT2D eigenvalue weighted by atomic mass is 9.68. The predicted molar refractivity (Wildman–Crippen MR) is 278 cm³/mol. The average molecular weight is 840 g/mol. The van der Waals surface area contributed by atoms with Crippen molar-refractivity contribution in [3.63, 3.8) is 0 Å². The molecule has 0 aromatic heterocycles. The lowest BCUT2D eigenvalue weighted by Gasteiger charge is -2.34. The molecule has 0 N–H and O–H groups in total. The van der Waals surface area contributed by atoms with E-state index in [1.165, 1.54) is 88.7 Å². The van der Waals surface area contributed by atoms with E-state index in [2.05, 4.69) is 278 Å². The normalized spacial score (nSPS) is 12.4. The number of rotatable bonds is 9. The molecular formula is C65H45N. The molecule has 0 amide bonds. The molecule has 0 atom stereocenters. The molecular weight excluding hydrogens is 795 g/mol. The number of anilines is 3. The number of fused-ring (bicyclic) bond motifs is 4. The van der Waals surface area contributed by atoms with Crippen molar-refractivity contribution in [3.8, 4) is 55.6 Å². The first-order valence-corrected chi connectivity index (χ1v) is 22.8. The van der Waals surface area contributed by atoms with Gasteiger partial charge in [0.1, 0.15) is 0 Å². The molecule has 1 nitrogen and oxygen atoms in total. The maximum atomic E-state index is 2.45. The Labute approximate surface area is 387 Å². The molecule has 0 spiro atoms. The minimum atomic E-state index is -0.503. The van der Waals surface area contributed by atoms with Gasteiger partial charge in [0.2, 0.25) is 0 Å². The molecule has 0 radical (unpaired) electrons. The molecule has 0 bridgehead atoms. The Kier molecular flexibility index (Phi) is 9.81. The van der Waals surface area contributed by atoms with Gasteiger partial charge in [0.05, 0.1) is 11.1 Å². The molecule has 11 aromatic rings. The van der Waals surface area contributed by atoms with Crippen molar-refractivity contribution in [2.75, 3.05) is 4.90 Å². The molecule has 1 heteroatoms. The third kappa shape index (κ3) is 6.73. The quantitative estimate of drug-likeness (QED) is 0.140. The van der Waals surface area contributed by atoms with Crippen LogP contribution in [0.4, 0.5) is 17.1 Å². The minimum Gasteiger partial charge on any atom is -0.310 e. The zero-order valence-electron chi connectivity index (χ0n) is 36.4. The summed E-state index contributed by atoms with van der Waals surface area (Å²) in [5, 5.41) is 2.51. The Morgan fingerprint density at radius 1 is 0.258 bits per heavy atom. The summed E-state index contributed by atoms with van der Waals surface area (Å²) in [6.45, 7) is 0. The standard InChI is InChI=1S/C65H45N/c1-4-17-46(18-5-1)48-35-39-58(40-36-48)66(63-32-16-31-62-64(63)60-29-12-13-30-61(60)65(62,56-25-6-2-7-26-56)57-27-8-3-9-28-57)59-41-37-49(38-42-59)51-21-14-22-52(43-51)53-23-15-24-54(45-53)55-34-33-47-19-10-11-20-50(47)44-55/h1-45H. The van der Waals surface area contributed by atoms with Crippen molar-refractivity contribution in [2.45, 2.75) is 5.41 Å². The topological polar surface area (TPSA) is 3.24 Å². The fraction of sp³-hybridized carbons (Fsp3) is 0.0154. The summed E-state index contributed by atoms with van der Waals surface area (Å²) in [6, 6.07) is 100.0. The highest BCUT2D eigenvalue weighted by atomic mass is 15.1. The van der Waals surface area contributed by atoms with Crippen LogP contribution in [0.1, 0.15) is 22.3 Å². The summed E-state index contributed by atoms with van der Waals surface area (Å²) < 4.78 is 0. The summed E-state index contributed by atoms with van der Waals surface area (Å²) >= 11 is 0. The van der Waals surface area contributed by atoms with Crippen LogP contribution in [0, 0.1) is 0 Å². The molecule has 0 heterocycles. The summed E-state index contributed by atoms with van der Waals surface area (Å²) in [5.74, 6) is 0. The Morgan fingerprint density at radius 2 is 0.667 bits per heavy atom. The summed E-state index contributed by atoms with van der Waals surface area (Å²) in [7, 11) is 0. The van der Waals surface area contributed by atoms with Crippen molar-refractivity contribution >= 4 is 27.8 Å². The largest absolute Gasteiger partial charge is 0.310 e. The van der Waals surface area contributed by atoms with Gasteiger partial charge in [-0.3, -0.25) is 0 Å². The summed E-state index contributed by atoms with van der Waals surface area (Å²) in [4.78, 5) is 2.45. The molecule has 66 heavy (non-hydrogen) atoms. The zero-order valence-corrected chi connectivity index (χ0v) is 36.4. The van der Waals surface area contributed by atoms with Crippen LogP contribution in [0.25, 0.3) is 66.4 Å². The Hall–Kier alpha value is -8.52. The van der Waals surface area contributed by atoms with Gasteiger partial charge in [-0.15, -0.1) is 0 Å². The Bertz CT molecular complexity index is 3460. The summed E-state index contributed by atoms with van der Waals surface area (Å²) in [6.07, 6.45) is 0. The van der Waals surface area contributed by atoms with Gasteiger partial charge < -0.3 is 4.90 Å².